The van der Waals surface area contributed by atoms with E-state index < -0.39 is 10.9 Å². The van der Waals surface area contributed by atoms with E-state index in [2.05, 4.69) is 20.8 Å². The maximum absolute atomic E-state index is 13.4. The van der Waals surface area contributed by atoms with E-state index in [0.717, 1.165) is 25.7 Å². The Hall–Kier alpha value is -0.0600. The van der Waals surface area contributed by atoms with Gasteiger partial charge >= 0.3 is 0 Å². The quantitative estimate of drug-likeness (QED) is 0.816. The first-order valence-corrected chi connectivity index (χ1v) is 10.7. The van der Waals surface area contributed by atoms with Gasteiger partial charge in [-0.25, -0.2) is 0 Å². The van der Waals surface area contributed by atoms with Crippen molar-refractivity contribution in [1.82, 2.24) is 0 Å². The van der Waals surface area contributed by atoms with Crippen LogP contribution in [0.1, 0.15) is 59.8 Å². The van der Waals surface area contributed by atoms with Crippen molar-refractivity contribution in [2.45, 2.75) is 76.8 Å². The monoisotopic (exact) mass is 354 g/mol. The average Bonchev–Trinajstić information content (AvgIpc) is 2.96. The predicted molar refractivity (Wildman–Crippen MR) is 99.2 cm³/mol. The Bertz CT molecular complexity index is 523. The van der Waals surface area contributed by atoms with Gasteiger partial charge in [0.25, 0.3) is 0 Å². The lowest BCUT2D eigenvalue weighted by Crippen LogP contribution is -2.63. The molecule has 3 saturated carbocycles. The number of Topliss-reactive ketones (excluding diaryl/α,β-unsaturated/α-hetero) is 1. The molecule has 138 valence electrons. The Morgan fingerprint density at radius 3 is 2.42 bits per heavy atom. The first-order chi connectivity index (χ1) is 11.2. The molecule has 4 heteroatoms. The third kappa shape index (κ3) is 2.21. The van der Waals surface area contributed by atoms with Crippen LogP contribution >= 0.6 is 11.8 Å². The number of methoxy groups -OCH3 is 1. The largest absolute Gasteiger partial charge is 0.392 e. The van der Waals surface area contributed by atoms with Crippen LogP contribution in [-0.2, 0) is 9.53 Å². The van der Waals surface area contributed by atoms with Crippen LogP contribution in [-0.4, -0.2) is 41.2 Å². The van der Waals surface area contributed by atoms with Crippen LogP contribution in [0.25, 0.3) is 0 Å². The average molecular weight is 355 g/mol. The minimum absolute atomic E-state index is 0.00257. The van der Waals surface area contributed by atoms with E-state index in [1.54, 1.807) is 18.9 Å². The summed E-state index contributed by atoms with van der Waals surface area (Å²) < 4.78 is 5.42. The number of aliphatic hydroxyl groups excluding tert-OH is 1. The summed E-state index contributed by atoms with van der Waals surface area (Å²) in [6.07, 6.45) is 6.56. The van der Waals surface area contributed by atoms with Crippen molar-refractivity contribution < 1.29 is 14.6 Å². The van der Waals surface area contributed by atoms with Crippen molar-refractivity contribution in [2.24, 2.45) is 28.6 Å². The zero-order valence-corrected chi connectivity index (χ0v) is 16.9. The summed E-state index contributed by atoms with van der Waals surface area (Å²) in [6, 6.07) is 0. The van der Waals surface area contributed by atoms with Crippen LogP contribution in [0.4, 0.5) is 0 Å². The lowest BCUT2D eigenvalue weighted by atomic mass is 9.45. The molecule has 0 aromatic rings. The second kappa shape index (κ2) is 5.99. The van der Waals surface area contributed by atoms with Crippen molar-refractivity contribution in [3.8, 4) is 0 Å². The van der Waals surface area contributed by atoms with Gasteiger partial charge in [0, 0.05) is 18.4 Å². The number of carbonyl (C=O) groups is 1. The first-order valence-electron chi connectivity index (χ1n) is 9.47. The molecule has 0 saturated heterocycles. The second-order valence-corrected chi connectivity index (χ2v) is 10.4. The van der Waals surface area contributed by atoms with Gasteiger partial charge in [-0.15, -0.1) is 0 Å². The van der Waals surface area contributed by atoms with Crippen LogP contribution < -0.4 is 0 Å². The van der Waals surface area contributed by atoms with Crippen LogP contribution in [0.2, 0.25) is 0 Å². The van der Waals surface area contributed by atoms with Gasteiger partial charge in [0.1, 0.15) is 0 Å². The van der Waals surface area contributed by atoms with Crippen molar-refractivity contribution in [2.75, 3.05) is 13.4 Å². The molecule has 8 atom stereocenters. The zero-order valence-electron chi connectivity index (χ0n) is 16.1. The highest BCUT2D eigenvalue weighted by Crippen LogP contribution is 2.68. The van der Waals surface area contributed by atoms with E-state index >= 15 is 0 Å². The number of hydrogen-bond donors (Lipinski definition) is 1. The number of hydrogen-bond acceptors (Lipinski definition) is 4. The molecule has 0 radical (unpaired) electrons. The van der Waals surface area contributed by atoms with E-state index in [1.165, 1.54) is 0 Å². The second-order valence-electron chi connectivity index (χ2n) is 9.07. The van der Waals surface area contributed by atoms with Gasteiger partial charge in [-0.05, 0) is 62.5 Å². The van der Waals surface area contributed by atoms with Gasteiger partial charge in [0.15, 0.2) is 5.78 Å². The maximum Gasteiger partial charge on any atom is 0.152 e. The Labute approximate surface area is 151 Å². The Morgan fingerprint density at radius 2 is 1.83 bits per heavy atom. The molecule has 3 rings (SSSR count). The molecule has 3 aliphatic rings. The highest BCUT2D eigenvalue weighted by molar-refractivity contribution is 8.00. The molecule has 0 amide bonds. The number of ketones is 1. The summed E-state index contributed by atoms with van der Waals surface area (Å²) in [5.74, 6) is 1.11. The van der Waals surface area contributed by atoms with Crippen molar-refractivity contribution in [1.29, 1.82) is 0 Å². The lowest BCUT2D eigenvalue weighted by molar-refractivity contribution is -0.182. The van der Waals surface area contributed by atoms with Crippen LogP contribution in [0.5, 0.6) is 0 Å². The van der Waals surface area contributed by atoms with Gasteiger partial charge in [-0.1, -0.05) is 20.8 Å². The van der Waals surface area contributed by atoms with Gasteiger partial charge < -0.3 is 9.84 Å². The normalized spacial score (nSPS) is 55.0. The molecule has 0 spiro atoms. The van der Waals surface area contributed by atoms with Gasteiger partial charge in [-0.3, -0.25) is 4.79 Å². The van der Waals surface area contributed by atoms with Gasteiger partial charge in [0.2, 0.25) is 0 Å². The summed E-state index contributed by atoms with van der Waals surface area (Å²) in [4.78, 5) is 13.4. The fourth-order valence-corrected chi connectivity index (χ4v) is 7.29. The molecular weight excluding hydrogens is 320 g/mol. The summed E-state index contributed by atoms with van der Waals surface area (Å²) in [5.41, 5.74) is -0.182. The van der Waals surface area contributed by atoms with Crippen molar-refractivity contribution in [3.63, 3.8) is 0 Å². The minimum Gasteiger partial charge on any atom is -0.392 e. The van der Waals surface area contributed by atoms with E-state index in [0.29, 0.717) is 18.1 Å². The number of rotatable bonds is 2. The third-order valence-corrected chi connectivity index (χ3v) is 9.76. The Balaban J connectivity index is 2.19. The zero-order chi connectivity index (χ0) is 17.9. The molecular formula is C20H34O3S. The SMILES string of the molecule is CO[C@@H]1CCC23CC[C@@H](C)[C@](C)(C12)[C@H](O)C[C@@](C)(SC)C(=O)[C@@H]3C. The van der Waals surface area contributed by atoms with E-state index in [9.17, 15) is 9.90 Å². The number of carbonyl (C=O) groups excluding carboxylic acids is 1. The molecule has 1 N–H and O–H groups in total. The predicted octanol–water partition coefficient (Wildman–Crippen LogP) is 3.93. The molecule has 24 heavy (non-hydrogen) atoms. The van der Waals surface area contributed by atoms with Crippen LogP contribution in [0.3, 0.4) is 0 Å². The summed E-state index contributed by atoms with van der Waals surface area (Å²) in [7, 11) is 1.80. The lowest BCUT2D eigenvalue weighted by Gasteiger charge is -2.61. The minimum atomic E-state index is -0.486. The fraction of sp³-hybridized carbons (Fsp3) is 0.950. The Morgan fingerprint density at radius 1 is 1.21 bits per heavy atom. The molecule has 3 nitrogen and oxygen atoms in total. The van der Waals surface area contributed by atoms with E-state index in [-0.39, 0.29) is 28.8 Å². The molecule has 2 bridgehead atoms. The highest BCUT2D eigenvalue weighted by atomic mass is 32.2. The maximum atomic E-state index is 13.4. The standard InChI is InChI=1S/C20H34O3S/c1-12-7-9-20-10-8-14(23-5)16(20)19(12,4)15(21)11-18(3,24-6)17(22)13(20)2/h12-16,21H,7-11H2,1-6H3/t12-,13+,14-,15-,16?,18-,19+,20?/m1/s1. The summed E-state index contributed by atoms with van der Waals surface area (Å²) in [6.45, 7) is 8.78. The highest BCUT2D eigenvalue weighted by Gasteiger charge is 2.67. The number of thioether (sulfide) groups is 1. The summed E-state index contributed by atoms with van der Waals surface area (Å²) >= 11 is 1.62. The molecule has 0 heterocycles. The molecule has 3 aliphatic carbocycles. The molecule has 2 unspecified atom stereocenters. The van der Waals surface area contributed by atoms with E-state index in [4.69, 9.17) is 4.74 Å². The molecule has 0 aromatic carbocycles. The van der Waals surface area contributed by atoms with E-state index in [1.807, 2.05) is 13.2 Å². The van der Waals surface area contributed by atoms with Crippen molar-refractivity contribution >= 4 is 17.5 Å². The van der Waals surface area contributed by atoms with Crippen LogP contribution in [0, 0.1) is 28.6 Å². The fourth-order valence-electron chi connectivity index (χ4n) is 6.59. The summed E-state index contributed by atoms with van der Waals surface area (Å²) in [5, 5.41) is 11.4. The third-order valence-electron chi connectivity index (χ3n) is 8.49. The number of aliphatic hydroxyl groups is 1. The van der Waals surface area contributed by atoms with Crippen molar-refractivity contribution in [3.05, 3.63) is 0 Å². The topological polar surface area (TPSA) is 46.5 Å². The van der Waals surface area contributed by atoms with Gasteiger partial charge in [0.05, 0.1) is 17.0 Å². The number of ether oxygens (including phenoxy) is 1. The molecule has 0 aromatic heterocycles. The first kappa shape index (κ1) is 18.7. The van der Waals surface area contributed by atoms with Crippen LogP contribution in [0.15, 0.2) is 0 Å². The van der Waals surface area contributed by atoms with Gasteiger partial charge in [-0.2, -0.15) is 11.8 Å². The smallest absolute Gasteiger partial charge is 0.152 e. The molecule has 0 aliphatic heterocycles. The molecule has 3 fully saturated rings. The Kier molecular flexibility index (Phi) is 4.67.